The van der Waals surface area contributed by atoms with Crippen LogP contribution in [0.1, 0.15) is 38.3 Å². The number of nitrogens with one attached hydrogen (secondary N) is 1. The largest absolute Gasteiger partial charge is 0.598 e. The first-order chi connectivity index (χ1) is 15.8. The molecule has 7 nitrogen and oxygen atoms in total. The first-order valence-electron chi connectivity index (χ1n) is 11.0. The van der Waals surface area contributed by atoms with Gasteiger partial charge in [0, 0.05) is 21.2 Å². The topological polar surface area (TPSA) is 102 Å². The highest BCUT2D eigenvalue weighted by Gasteiger charge is 2.40. The Bertz CT molecular complexity index is 918. The van der Waals surface area contributed by atoms with Crippen molar-refractivity contribution in [3.8, 4) is 0 Å². The van der Waals surface area contributed by atoms with E-state index in [2.05, 4.69) is 14.7 Å². The van der Waals surface area contributed by atoms with Gasteiger partial charge in [-0.15, -0.1) is 4.72 Å². The van der Waals surface area contributed by atoms with Crippen LogP contribution >= 0.6 is 11.8 Å². The van der Waals surface area contributed by atoms with Gasteiger partial charge in [-0.3, -0.25) is 0 Å². The summed E-state index contributed by atoms with van der Waals surface area (Å²) in [7, 11) is 0. The van der Waals surface area contributed by atoms with Crippen molar-refractivity contribution in [1.29, 1.82) is 0 Å². The maximum Gasteiger partial charge on any atom is 0.136 e. The Morgan fingerprint density at radius 2 is 1.91 bits per heavy atom. The summed E-state index contributed by atoms with van der Waals surface area (Å²) in [4.78, 5) is 4.10. The first-order valence-corrected chi connectivity index (χ1v) is 13.0. The van der Waals surface area contributed by atoms with Gasteiger partial charge in [-0.2, -0.15) is 0 Å². The van der Waals surface area contributed by atoms with E-state index in [4.69, 9.17) is 15.0 Å². The molecule has 1 saturated heterocycles. The normalized spacial score (nSPS) is 24.2. The average Bonchev–Trinajstić information content (AvgIpc) is 2.79. The van der Waals surface area contributed by atoms with Crippen molar-refractivity contribution in [2.45, 2.75) is 74.1 Å². The van der Waals surface area contributed by atoms with Crippen LogP contribution in [0.4, 0.5) is 0 Å². The number of benzene rings is 2. The average molecular weight is 489 g/mol. The molecule has 0 saturated carbocycles. The number of thioether (sulfide) groups is 1. The lowest BCUT2D eigenvalue weighted by Gasteiger charge is -2.40. The molecule has 178 valence electrons. The maximum atomic E-state index is 12.6. The van der Waals surface area contributed by atoms with Gasteiger partial charge in [-0.25, -0.2) is 0 Å². The molecule has 0 bridgehead atoms. The minimum atomic E-state index is -1.23. The molecule has 33 heavy (non-hydrogen) atoms. The van der Waals surface area contributed by atoms with Gasteiger partial charge in [0.2, 0.25) is 0 Å². The number of azide groups is 1. The molecule has 3 rings (SSSR count). The maximum absolute atomic E-state index is 12.6. The van der Waals surface area contributed by atoms with Crippen LogP contribution in [-0.4, -0.2) is 39.5 Å². The highest BCUT2D eigenvalue weighted by atomic mass is 32.2. The molecule has 5 atom stereocenters. The van der Waals surface area contributed by atoms with Crippen molar-refractivity contribution < 1.29 is 14.0 Å². The van der Waals surface area contributed by atoms with Crippen LogP contribution in [0.15, 0.2) is 64.6 Å². The zero-order valence-corrected chi connectivity index (χ0v) is 21.1. The first kappa shape index (κ1) is 25.9. The Hall–Kier alpha value is -1.71. The van der Waals surface area contributed by atoms with Gasteiger partial charge in [0.15, 0.2) is 0 Å². The lowest BCUT2D eigenvalue weighted by atomic mass is 10.0. The summed E-state index contributed by atoms with van der Waals surface area (Å²) < 4.78 is 28.0. The van der Waals surface area contributed by atoms with Crippen LogP contribution in [0.3, 0.4) is 0 Å². The molecule has 9 heteroatoms. The van der Waals surface area contributed by atoms with Gasteiger partial charge in [-0.1, -0.05) is 64.9 Å². The Balaban J connectivity index is 1.75. The van der Waals surface area contributed by atoms with E-state index in [0.717, 1.165) is 10.5 Å². The summed E-state index contributed by atoms with van der Waals surface area (Å²) in [5, 5.41) is 4.03. The van der Waals surface area contributed by atoms with E-state index < -0.39 is 16.1 Å². The van der Waals surface area contributed by atoms with Gasteiger partial charge < -0.3 is 14.0 Å². The third kappa shape index (κ3) is 7.93. The zero-order valence-electron chi connectivity index (χ0n) is 19.5. The molecule has 2 aromatic carbocycles. The van der Waals surface area contributed by atoms with Gasteiger partial charge in [-0.05, 0) is 57.3 Å². The quantitative estimate of drug-likeness (QED) is 0.217. The van der Waals surface area contributed by atoms with Crippen LogP contribution in [0, 0.1) is 6.92 Å². The molecule has 0 amide bonds. The van der Waals surface area contributed by atoms with Crippen molar-refractivity contribution in [1.82, 2.24) is 4.72 Å². The summed E-state index contributed by atoms with van der Waals surface area (Å²) >= 11 is 0.303. The van der Waals surface area contributed by atoms with E-state index >= 15 is 0 Å². The molecule has 0 aromatic heterocycles. The molecule has 0 radical (unpaired) electrons. The second-order valence-electron chi connectivity index (χ2n) is 9.05. The van der Waals surface area contributed by atoms with Gasteiger partial charge in [0.25, 0.3) is 0 Å². The second kappa shape index (κ2) is 12.1. The standard InChI is InChI=1S/C24H32N4O3S2/c1-17-10-12-19(13-11-17)32-23-20(27-28-25)14-21(30-16-18-8-6-5-7-9-18)22(31-23)15-26-33(29)24(2,3)4/h5-13,20-23,26H,14-16H2,1-4H3/t20-,21+,22-,23?,33-/m1/s1. The van der Waals surface area contributed by atoms with Gasteiger partial charge in [0.05, 0.1) is 25.3 Å². The number of hydrogen-bond donors (Lipinski definition) is 1. The minimum Gasteiger partial charge on any atom is -0.598 e. The molecular weight excluding hydrogens is 456 g/mol. The third-order valence-electron chi connectivity index (χ3n) is 5.26. The predicted octanol–water partition coefficient (Wildman–Crippen LogP) is 5.52. The molecule has 1 aliphatic heterocycles. The van der Waals surface area contributed by atoms with Crippen LogP contribution in [-0.2, 0) is 27.4 Å². The number of hydrogen-bond acceptors (Lipinski definition) is 6. The highest BCUT2D eigenvalue weighted by molar-refractivity contribution is 7.99. The van der Waals surface area contributed by atoms with Crippen LogP contribution in [0.5, 0.6) is 0 Å². The molecule has 1 fully saturated rings. The minimum absolute atomic E-state index is 0.306. The SMILES string of the molecule is Cc1ccc(SC2O[C@H](CN[S@+]([O-])C(C)(C)C)[C@@H](OCc3ccccc3)C[C@H]2N=[N+]=[N-])cc1. The van der Waals surface area contributed by atoms with E-state index in [-0.39, 0.29) is 23.7 Å². The fourth-order valence-corrected chi connectivity index (χ4v) is 5.21. The number of aryl methyl sites for hydroxylation is 1. The van der Waals surface area contributed by atoms with Crippen molar-refractivity contribution in [3.63, 3.8) is 0 Å². The Labute approximate surface area is 203 Å². The van der Waals surface area contributed by atoms with Gasteiger partial charge in [0.1, 0.15) is 16.3 Å². The summed E-state index contributed by atoms with van der Waals surface area (Å²) in [5.41, 5.74) is 11.0. The molecule has 2 aromatic rings. The Kier molecular flexibility index (Phi) is 9.52. The molecular formula is C24H32N4O3S2. The van der Waals surface area contributed by atoms with E-state index in [1.807, 2.05) is 82.3 Å². The smallest absolute Gasteiger partial charge is 0.136 e. The van der Waals surface area contributed by atoms with Crippen molar-refractivity contribution in [2.24, 2.45) is 5.11 Å². The lowest BCUT2D eigenvalue weighted by molar-refractivity contribution is -0.124. The van der Waals surface area contributed by atoms with Crippen molar-refractivity contribution >= 4 is 23.1 Å². The Morgan fingerprint density at radius 3 is 2.55 bits per heavy atom. The van der Waals surface area contributed by atoms with Crippen LogP contribution < -0.4 is 4.72 Å². The molecule has 1 N–H and O–H groups in total. The predicted molar refractivity (Wildman–Crippen MR) is 134 cm³/mol. The number of rotatable bonds is 9. The van der Waals surface area contributed by atoms with Crippen molar-refractivity contribution in [2.75, 3.05) is 6.54 Å². The molecule has 1 heterocycles. The van der Waals surface area contributed by atoms with Gasteiger partial charge >= 0.3 is 0 Å². The third-order valence-corrected chi connectivity index (χ3v) is 8.01. The molecule has 1 unspecified atom stereocenters. The summed E-state index contributed by atoms with van der Waals surface area (Å²) in [6, 6.07) is 17.7. The van der Waals surface area contributed by atoms with Crippen molar-refractivity contribution in [3.05, 3.63) is 76.2 Å². The highest BCUT2D eigenvalue weighted by Crippen LogP contribution is 2.36. The summed E-state index contributed by atoms with van der Waals surface area (Å²) in [6.45, 7) is 8.61. The molecule has 1 aliphatic rings. The second-order valence-corrected chi connectivity index (χ2v) is 12.3. The van der Waals surface area contributed by atoms with Crippen LogP contribution in [0.25, 0.3) is 10.4 Å². The van der Waals surface area contributed by atoms with E-state index in [0.29, 0.717) is 19.6 Å². The zero-order chi connectivity index (χ0) is 23.8. The van der Waals surface area contributed by atoms with E-state index in [9.17, 15) is 4.55 Å². The monoisotopic (exact) mass is 488 g/mol. The summed E-state index contributed by atoms with van der Waals surface area (Å²) in [5.74, 6) is 0. The number of ether oxygens (including phenoxy) is 2. The van der Waals surface area contributed by atoms with Crippen LogP contribution in [0.2, 0.25) is 0 Å². The molecule has 0 aliphatic carbocycles. The lowest BCUT2D eigenvalue weighted by Crippen LogP contribution is -2.52. The Morgan fingerprint density at radius 1 is 1.21 bits per heavy atom. The fourth-order valence-electron chi connectivity index (χ4n) is 3.38. The summed E-state index contributed by atoms with van der Waals surface area (Å²) in [6.07, 6.45) is -0.122. The van der Waals surface area contributed by atoms with E-state index in [1.165, 1.54) is 17.3 Å². The fraction of sp³-hybridized carbons (Fsp3) is 0.500. The number of nitrogens with zero attached hydrogens (tertiary/aromatic N) is 3. The molecule has 0 spiro atoms. The van der Waals surface area contributed by atoms with E-state index in [1.54, 1.807) is 0 Å².